The molecule has 1 aromatic carbocycles. The van der Waals surface area contributed by atoms with Gasteiger partial charge in [0.05, 0.1) is 4.90 Å². The molecule has 2 heterocycles. The minimum atomic E-state index is -6.81. The van der Waals surface area contributed by atoms with Crippen LogP contribution in [0.25, 0.3) is 0 Å². The molecule has 1 amide bonds. The summed E-state index contributed by atoms with van der Waals surface area (Å²) in [7, 11) is -4.13. The number of hydrogen-bond acceptors (Lipinski definition) is 4. The first-order chi connectivity index (χ1) is 14.4. The van der Waals surface area contributed by atoms with Crippen LogP contribution in [0.5, 0.6) is 0 Å². The molecule has 1 N–H and O–H groups in total. The van der Waals surface area contributed by atoms with E-state index in [4.69, 9.17) is 0 Å². The highest BCUT2D eigenvalue weighted by atomic mass is 32.2. The summed E-state index contributed by atoms with van der Waals surface area (Å²) in [6, 6.07) is 3.36. The lowest BCUT2D eigenvalue weighted by Crippen LogP contribution is -2.63. The van der Waals surface area contributed by atoms with Gasteiger partial charge in [-0.2, -0.15) is 43.8 Å². The number of sulfonamides is 1. The molecule has 32 heavy (non-hydrogen) atoms. The Labute approximate surface area is 174 Å². The van der Waals surface area contributed by atoms with Crippen LogP contribution in [0.2, 0.25) is 0 Å². The van der Waals surface area contributed by atoms with Gasteiger partial charge in [0.25, 0.3) is 0 Å². The van der Waals surface area contributed by atoms with E-state index >= 15 is 0 Å². The molecule has 0 radical (unpaired) electrons. The minimum Gasteiger partial charge on any atom is -0.321 e. The normalized spacial score (nSPS) is 27.4. The fourth-order valence-corrected chi connectivity index (χ4v) is 4.68. The number of amides is 1. The number of benzene rings is 1. The molecule has 0 aromatic heterocycles. The summed E-state index contributed by atoms with van der Waals surface area (Å²) >= 11 is 0. The molecule has 1 atom stereocenters. The maximum atomic E-state index is 14.2. The summed E-state index contributed by atoms with van der Waals surface area (Å²) in [5, 5.41) is 1.16. The summed E-state index contributed by atoms with van der Waals surface area (Å²) in [5.41, 5.74) is -0.793. The largest absolute Gasteiger partial charge is 0.428 e. The molecule has 0 bridgehead atoms. The van der Waals surface area contributed by atoms with Gasteiger partial charge >= 0.3 is 35.6 Å². The van der Waals surface area contributed by atoms with Gasteiger partial charge in [0.2, 0.25) is 10.0 Å². The summed E-state index contributed by atoms with van der Waals surface area (Å²) in [4.78, 5) is 11.3. The Kier molecular flexibility index (Phi) is 5.54. The molecule has 0 saturated carbocycles. The first-order valence-electron chi connectivity index (χ1n) is 8.74. The second-order valence-corrected chi connectivity index (χ2v) is 8.97. The quantitative estimate of drug-likeness (QED) is 0.628. The number of ether oxygens (including phenoxy) is 1. The van der Waals surface area contributed by atoms with E-state index in [2.05, 4.69) is 4.74 Å². The third kappa shape index (κ3) is 3.25. The number of carbonyl (C=O) groups is 1. The molecule has 0 spiro atoms. The van der Waals surface area contributed by atoms with E-state index < -0.39 is 56.2 Å². The SMILES string of the molecule is O=C(Nc1cccc(S(=O)(=O)N2CCCC2)c1)C(F)(F)C1(F)OC(F)(F)C(F)(F)C1(F)F. The highest BCUT2D eigenvalue weighted by Crippen LogP contribution is 2.64. The lowest BCUT2D eigenvalue weighted by molar-refractivity contribution is -0.366. The smallest absolute Gasteiger partial charge is 0.321 e. The van der Waals surface area contributed by atoms with Crippen molar-refractivity contribution in [2.24, 2.45) is 0 Å². The van der Waals surface area contributed by atoms with Crippen LogP contribution in [-0.2, 0) is 19.6 Å². The van der Waals surface area contributed by atoms with Gasteiger partial charge in [0.1, 0.15) is 0 Å². The fraction of sp³-hybridized carbons (Fsp3) is 0.562. The van der Waals surface area contributed by atoms with Gasteiger partial charge in [-0.1, -0.05) is 6.07 Å². The predicted octanol–water partition coefficient (Wildman–Crippen LogP) is 3.60. The van der Waals surface area contributed by atoms with Crippen LogP contribution in [0.1, 0.15) is 12.8 Å². The van der Waals surface area contributed by atoms with E-state index in [0.717, 1.165) is 27.8 Å². The summed E-state index contributed by atoms with van der Waals surface area (Å²) in [5.74, 6) is -29.3. The van der Waals surface area contributed by atoms with E-state index in [0.29, 0.717) is 18.9 Å². The van der Waals surface area contributed by atoms with Crippen LogP contribution in [-0.4, -0.2) is 61.5 Å². The molecule has 6 nitrogen and oxygen atoms in total. The van der Waals surface area contributed by atoms with Crippen LogP contribution in [0.4, 0.5) is 45.2 Å². The van der Waals surface area contributed by atoms with Crippen LogP contribution < -0.4 is 5.32 Å². The molecule has 180 valence electrons. The molecule has 0 aliphatic carbocycles. The second kappa shape index (κ2) is 7.21. The fourth-order valence-electron chi connectivity index (χ4n) is 3.12. The zero-order valence-electron chi connectivity index (χ0n) is 15.5. The van der Waals surface area contributed by atoms with Crippen molar-refractivity contribution in [1.29, 1.82) is 0 Å². The molecule has 2 saturated heterocycles. The number of nitrogens with zero attached hydrogens (tertiary/aromatic N) is 1. The number of carbonyl (C=O) groups excluding carboxylic acids is 1. The average Bonchev–Trinajstić information content (AvgIpc) is 3.25. The number of nitrogens with one attached hydrogen (secondary N) is 1. The second-order valence-electron chi connectivity index (χ2n) is 7.03. The highest BCUT2D eigenvalue weighted by molar-refractivity contribution is 7.89. The van der Waals surface area contributed by atoms with Crippen LogP contribution >= 0.6 is 0 Å². The van der Waals surface area contributed by atoms with E-state index in [1.807, 2.05) is 0 Å². The van der Waals surface area contributed by atoms with E-state index in [1.54, 1.807) is 0 Å². The Balaban J connectivity index is 1.90. The summed E-state index contributed by atoms with van der Waals surface area (Å²) in [6.45, 7) is 0.298. The molecular weight excluding hydrogens is 487 g/mol. The topological polar surface area (TPSA) is 75.7 Å². The van der Waals surface area contributed by atoms with Crippen LogP contribution in [0.3, 0.4) is 0 Å². The monoisotopic (exact) mass is 500 g/mol. The lowest BCUT2D eigenvalue weighted by atomic mass is 9.99. The molecule has 3 rings (SSSR count). The van der Waals surface area contributed by atoms with Crippen molar-refractivity contribution in [3.05, 3.63) is 24.3 Å². The van der Waals surface area contributed by atoms with Crippen molar-refractivity contribution in [2.75, 3.05) is 18.4 Å². The number of hydrogen-bond donors (Lipinski definition) is 1. The van der Waals surface area contributed by atoms with Crippen LogP contribution in [0.15, 0.2) is 29.2 Å². The first kappa shape index (κ1) is 24.6. The zero-order chi connectivity index (χ0) is 24.4. The van der Waals surface area contributed by atoms with Gasteiger partial charge < -0.3 is 5.32 Å². The molecule has 2 aliphatic rings. The Hall–Kier alpha value is -2.07. The maximum Gasteiger partial charge on any atom is 0.428 e. The Bertz CT molecular complexity index is 1030. The van der Waals surface area contributed by atoms with Gasteiger partial charge in [-0.25, -0.2) is 8.42 Å². The number of rotatable bonds is 5. The Morgan fingerprint density at radius 1 is 1.00 bits per heavy atom. The highest BCUT2D eigenvalue weighted by Gasteiger charge is 2.96. The van der Waals surface area contributed by atoms with Gasteiger partial charge in [-0.05, 0) is 31.0 Å². The van der Waals surface area contributed by atoms with E-state index in [1.165, 1.54) is 0 Å². The molecule has 2 aliphatic heterocycles. The predicted molar refractivity (Wildman–Crippen MR) is 87.8 cm³/mol. The maximum absolute atomic E-state index is 14.2. The zero-order valence-corrected chi connectivity index (χ0v) is 16.3. The van der Waals surface area contributed by atoms with Crippen molar-refractivity contribution >= 4 is 21.6 Å². The summed E-state index contributed by atoms with van der Waals surface area (Å²) in [6.07, 6.45) is -5.27. The Morgan fingerprint density at radius 3 is 2.06 bits per heavy atom. The summed E-state index contributed by atoms with van der Waals surface area (Å²) < 4.78 is 151. The van der Waals surface area contributed by atoms with E-state index in [9.17, 15) is 52.7 Å². The molecule has 1 aromatic rings. The van der Waals surface area contributed by atoms with Crippen molar-refractivity contribution < 1.29 is 57.5 Å². The average molecular weight is 500 g/mol. The van der Waals surface area contributed by atoms with Crippen molar-refractivity contribution in [3.8, 4) is 0 Å². The standard InChI is InChI=1S/C16H13F9N2O4S/c17-12(18,15(23)13(19,20)14(21,22)16(24,25)31-15)11(28)26-9-4-3-5-10(8-9)32(29,30)27-6-1-2-7-27/h3-5,8H,1-2,6-7H2,(H,26,28). The van der Waals surface area contributed by atoms with E-state index in [-0.39, 0.29) is 13.1 Å². The van der Waals surface area contributed by atoms with Crippen molar-refractivity contribution in [1.82, 2.24) is 4.31 Å². The number of alkyl halides is 9. The first-order valence-corrected chi connectivity index (χ1v) is 10.2. The third-order valence-corrected chi connectivity index (χ3v) is 6.81. The van der Waals surface area contributed by atoms with Gasteiger partial charge in [0, 0.05) is 18.8 Å². The van der Waals surface area contributed by atoms with Crippen molar-refractivity contribution in [3.63, 3.8) is 0 Å². The molecular formula is C16H13F9N2O4S. The molecule has 2 fully saturated rings. The van der Waals surface area contributed by atoms with Gasteiger partial charge in [-0.3, -0.25) is 9.53 Å². The van der Waals surface area contributed by atoms with Gasteiger partial charge in [-0.15, -0.1) is 0 Å². The van der Waals surface area contributed by atoms with Crippen LogP contribution in [0, 0.1) is 0 Å². The third-order valence-electron chi connectivity index (χ3n) is 4.92. The van der Waals surface area contributed by atoms with Crippen molar-refractivity contribution in [2.45, 2.75) is 47.5 Å². The number of halogens is 9. The lowest BCUT2D eigenvalue weighted by Gasteiger charge is -2.31. The Morgan fingerprint density at radius 2 is 1.56 bits per heavy atom. The van der Waals surface area contributed by atoms with Gasteiger partial charge in [0.15, 0.2) is 0 Å². The molecule has 16 heteroatoms. The number of anilines is 1. The molecule has 1 unspecified atom stereocenters. The minimum absolute atomic E-state index is 0.149.